The van der Waals surface area contributed by atoms with Gasteiger partial charge in [-0.3, -0.25) is 19.5 Å². The molecule has 0 radical (unpaired) electrons. The van der Waals surface area contributed by atoms with Gasteiger partial charge in [0.1, 0.15) is 0 Å². The first-order valence-electron chi connectivity index (χ1n) is 9.72. The van der Waals surface area contributed by atoms with E-state index in [-0.39, 0.29) is 17.7 Å². The van der Waals surface area contributed by atoms with Gasteiger partial charge in [-0.25, -0.2) is 0 Å². The van der Waals surface area contributed by atoms with Crippen LogP contribution in [-0.4, -0.2) is 70.8 Å². The number of nitrogens with zero attached hydrogens (tertiary/aromatic N) is 4. The third-order valence-corrected chi connectivity index (χ3v) is 5.52. The topological polar surface area (TPSA) is 56.8 Å². The molecule has 6 nitrogen and oxygen atoms in total. The van der Waals surface area contributed by atoms with E-state index in [1.807, 2.05) is 22.8 Å². The number of pyridine rings is 1. The summed E-state index contributed by atoms with van der Waals surface area (Å²) in [7, 11) is 0. The fourth-order valence-corrected chi connectivity index (χ4v) is 3.97. The molecule has 6 heteroatoms. The van der Waals surface area contributed by atoms with E-state index < -0.39 is 0 Å². The van der Waals surface area contributed by atoms with Gasteiger partial charge in [-0.05, 0) is 38.3 Å². The smallest absolute Gasteiger partial charge is 0.225 e. The molecule has 0 unspecified atom stereocenters. The molecule has 2 saturated heterocycles. The van der Waals surface area contributed by atoms with Crippen molar-refractivity contribution in [2.45, 2.75) is 39.7 Å². The molecule has 2 aliphatic heterocycles. The van der Waals surface area contributed by atoms with E-state index in [0.29, 0.717) is 13.1 Å². The number of aromatic nitrogens is 1. The van der Waals surface area contributed by atoms with Crippen molar-refractivity contribution < 1.29 is 9.59 Å². The summed E-state index contributed by atoms with van der Waals surface area (Å²) in [6.45, 7) is 9.42. The number of hydrogen-bond donors (Lipinski definition) is 0. The van der Waals surface area contributed by atoms with Crippen molar-refractivity contribution in [3.8, 4) is 0 Å². The normalized spacial score (nSPS) is 20.1. The van der Waals surface area contributed by atoms with Crippen LogP contribution >= 0.6 is 0 Å². The van der Waals surface area contributed by atoms with E-state index in [9.17, 15) is 9.59 Å². The van der Waals surface area contributed by atoms with Gasteiger partial charge in [0.15, 0.2) is 0 Å². The Hall–Kier alpha value is -1.95. The molecule has 0 aromatic carbocycles. The maximum absolute atomic E-state index is 12.9. The molecule has 0 saturated carbocycles. The summed E-state index contributed by atoms with van der Waals surface area (Å²) in [5.41, 5.74) is 2.15. The van der Waals surface area contributed by atoms with Crippen LogP contribution in [0.5, 0.6) is 0 Å². The van der Waals surface area contributed by atoms with Crippen LogP contribution in [0.3, 0.4) is 0 Å². The lowest BCUT2D eigenvalue weighted by Crippen LogP contribution is -2.44. The molecule has 0 aliphatic carbocycles. The average molecular weight is 358 g/mol. The first-order valence-corrected chi connectivity index (χ1v) is 9.72. The number of aryl methyl sites for hydroxylation is 1. The number of amides is 2. The van der Waals surface area contributed by atoms with E-state index in [1.165, 1.54) is 0 Å². The second kappa shape index (κ2) is 8.62. The molecule has 3 heterocycles. The maximum atomic E-state index is 12.9. The van der Waals surface area contributed by atoms with Crippen molar-refractivity contribution in [3.63, 3.8) is 0 Å². The van der Waals surface area contributed by atoms with Gasteiger partial charge in [0.05, 0.1) is 5.69 Å². The van der Waals surface area contributed by atoms with Crippen LogP contribution in [0.4, 0.5) is 0 Å². The highest BCUT2D eigenvalue weighted by Gasteiger charge is 2.30. The van der Waals surface area contributed by atoms with Crippen LogP contribution in [0.2, 0.25) is 0 Å². The van der Waals surface area contributed by atoms with Crippen LogP contribution < -0.4 is 0 Å². The van der Waals surface area contributed by atoms with E-state index >= 15 is 0 Å². The minimum absolute atomic E-state index is 0.0792. The van der Waals surface area contributed by atoms with Crippen LogP contribution in [-0.2, 0) is 16.1 Å². The predicted octanol–water partition coefficient (Wildman–Crippen LogP) is 1.68. The van der Waals surface area contributed by atoms with Gasteiger partial charge in [-0.1, -0.05) is 6.07 Å². The standard InChI is InChI=1S/C20H30N4O2/c1-16-5-3-6-19(21-16)15-22-9-4-10-24(14-13-22)20(26)18-7-11-23(12-8-18)17(2)25/h3,5-6,18H,4,7-15H2,1-2H3. The Bertz CT molecular complexity index is 640. The van der Waals surface area contributed by atoms with Crippen LogP contribution in [0, 0.1) is 12.8 Å². The molecule has 26 heavy (non-hydrogen) atoms. The fourth-order valence-electron chi connectivity index (χ4n) is 3.97. The van der Waals surface area contributed by atoms with Crippen molar-refractivity contribution in [2.24, 2.45) is 5.92 Å². The molecule has 2 aliphatic rings. The molecule has 142 valence electrons. The Morgan fingerprint density at radius 2 is 1.81 bits per heavy atom. The minimum Gasteiger partial charge on any atom is -0.343 e. The summed E-state index contributed by atoms with van der Waals surface area (Å²) < 4.78 is 0. The lowest BCUT2D eigenvalue weighted by Gasteiger charge is -2.33. The highest BCUT2D eigenvalue weighted by molar-refractivity contribution is 5.79. The van der Waals surface area contributed by atoms with Crippen molar-refractivity contribution in [2.75, 3.05) is 39.3 Å². The summed E-state index contributed by atoms with van der Waals surface area (Å²) in [6.07, 6.45) is 2.60. The Morgan fingerprint density at radius 3 is 2.50 bits per heavy atom. The SMILES string of the molecule is CC(=O)N1CCC(C(=O)N2CCCN(Cc3cccc(C)n3)CC2)CC1. The highest BCUT2D eigenvalue weighted by Crippen LogP contribution is 2.21. The summed E-state index contributed by atoms with van der Waals surface area (Å²) in [6, 6.07) is 6.14. The van der Waals surface area contributed by atoms with Gasteiger partial charge in [-0.15, -0.1) is 0 Å². The first kappa shape index (κ1) is 18.8. The quantitative estimate of drug-likeness (QED) is 0.825. The molecule has 0 spiro atoms. The maximum Gasteiger partial charge on any atom is 0.225 e. The van der Waals surface area contributed by atoms with Crippen LogP contribution in [0.15, 0.2) is 18.2 Å². The van der Waals surface area contributed by atoms with Crippen molar-refractivity contribution in [1.29, 1.82) is 0 Å². The Balaban J connectivity index is 1.50. The van der Waals surface area contributed by atoms with Crippen molar-refractivity contribution in [1.82, 2.24) is 19.7 Å². The highest BCUT2D eigenvalue weighted by atomic mass is 16.2. The first-order chi connectivity index (χ1) is 12.5. The lowest BCUT2D eigenvalue weighted by atomic mass is 9.95. The van der Waals surface area contributed by atoms with E-state index in [4.69, 9.17) is 0 Å². The number of piperidine rings is 1. The molecule has 2 amide bonds. The second-order valence-electron chi connectivity index (χ2n) is 7.51. The molecular formula is C20H30N4O2. The summed E-state index contributed by atoms with van der Waals surface area (Å²) in [5, 5.41) is 0. The average Bonchev–Trinajstić information content (AvgIpc) is 2.87. The van der Waals surface area contributed by atoms with E-state index in [2.05, 4.69) is 22.0 Å². The number of likely N-dealkylation sites (tertiary alicyclic amines) is 1. The summed E-state index contributed by atoms with van der Waals surface area (Å²) in [5.74, 6) is 0.477. The monoisotopic (exact) mass is 358 g/mol. The second-order valence-corrected chi connectivity index (χ2v) is 7.51. The Kier molecular flexibility index (Phi) is 6.25. The van der Waals surface area contributed by atoms with Gasteiger partial charge >= 0.3 is 0 Å². The third-order valence-electron chi connectivity index (χ3n) is 5.52. The van der Waals surface area contributed by atoms with Gasteiger partial charge < -0.3 is 9.80 Å². The van der Waals surface area contributed by atoms with Gasteiger partial charge in [0.25, 0.3) is 0 Å². The Morgan fingerprint density at radius 1 is 1.04 bits per heavy atom. The molecule has 2 fully saturated rings. The number of carbonyl (C=O) groups is 2. The Labute approximate surface area is 156 Å². The molecule has 3 rings (SSSR count). The van der Waals surface area contributed by atoms with Gasteiger partial charge in [0.2, 0.25) is 11.8 Å². The third kappa shape index (κ3) is 4.81. The predicted molar refractivity (Wildman–Crippen MR) is 100 cm³/mol. The molecular weight excluding hydrogens is 328 g/mol. The van der Waals surface area contributed by atoms with Crippen molar-refractivity contribution in [3.05, 3.63) is 29.6 Å². The molecule has 0 atom stereocenters. The lowest BCUT2D eigenvalue weighted by molar-refractivity contribution is -0.140. The molecule has 1 aromatic rings. The fraction of sp³-hybridized carbons (Fsp3) is 0.650. The summed E-state index contributed by atoms with van der Waals surface area (Å²) in [4.78, 5) is 35.2. The molecule has 0 bridgehead atoms. The van der Waals surface area contributed by atoms with Crippen molar-refractivity contribution >= 4 is 11.8 Å². The summed E-state index contributed by atoms with van der Waals surface area (Å²) >= 11 is 0. The zero-order chi connectivity index (χ0) is 18.5. The zero-order valence-corrected chi connectivity index (χ0v) is 16.0. The minimum atomic E-state index is 0.0792. The largest absolute Gasteiger partial charge is 0.343 e. The molecule has 1 aromatic heterocycles. The van der Waals surface area contributed by atoms with Crippen LogP contribution in [0.1, 0.15) is 37.6 Å². The number of carbonyl (C=O) groups excluding carboxylic acids is 2. The van der Waals surface area contributed by atoms with Crippen LogP contribution in [0.25, 0.3) is 0 Å². The zero-order valence-electron chi connectivity index (χ0n) is 16.0. The molecule has 0 N–H and O–H groups in total. The van der Waals surface area contributed by atoms with Gasteiger partial charge in [0, 0.05) is 64.3 Å². The number of hydrogen-bond acceptors (Lipinski definition) is 4. The van der Waals surface area contributed by atoms with E-state index in [0.717, 1.165) is 63.4 Å². The van der Waals surface area contributed by atoms with E-state index in [1.54, 1.807) is 6.92 Å². The number of rotatable bonds is 3. The van der Waals surface area contributed by atoms with Gasteiger partial charge in [-0.2, -0.15) is 0 Å².